The molecule has 2 aromatic carbocycles. The van der Waals surface area contributed by atoms with E-state index in [4.69, 9.17) is 4.99 Å². The van der Waals surface area contributed by atoms with Crippen molar-refractivity contribution in [1.82, 2.24) is 15.6 Å². The lowest BCUT2D eigenvalue weighted by Crippen LogP contribution is -2.56. The monoisotopic (exact) mass is 345 g/mol. The molecule has 132 valence electrons. The fraction of sp³-hybridized carbons (Fsp3) is 0.238. The number of aliphatic imine (C=N–C) groups is 1. The van der Waals surface area contributed by atoms with Crippen LogP contribution in [0.5, 0.6) is 0 Å². The van der Waals surface area contributed by atoms with Crippen molar-refractivity contribution in [2.45, 2.75) is 12.2 Å². The summed E-state index contributed by atoms with van der Waals surface area (Å²) in [6.07, 6.45) is 2.68. The zero-order valence-corrected chi connectivity index (χ0v) is 15.3. The largest absolute Gasteiger partial charge is 0.388 e. The van der Waals surface area contributed by atoms with Gasteiger partial charge in [-0.05, 0) is 37.9 Å². The number of aromatic nitrogens is 1. The average Bonchev–Trinajstić information content (AvgIpc) is 2.72. The molecule has 4 rings (SSSR count). The second-order valence-corrected chi connectivity index (χ2v) is 6.50. The van der Waals surface area contributed by atoms with Gasteiger partial charge in [-0.3, -0.25) is 15.6 Å². The molecule has 0 amide bonds. The van der Waals surface area contributed by atoms with Crippen molar-refractivity contribution in [1.29, 1.82) is 0 Å². The molecular formula is C21H23N5. The van der Waals surface area contributed by atoms with E-state index in [2.05, 4.69) is 51.3 Å². The summed E-state index contributed by atoms with van der Waals surface area (Å²) in [6.45, 7) is 0. The fourth-order valence-corrected chi connectivity index (χ4v) is 3.61. The molecule has 1 aliphatic rings. The van der Waals surface area contributed by atoms with Gasteiger partial charge in [0.1, 0.15) is 0 Å². The van der Waals surface area contributed by atoms with E-state index in [9.17, 15) is 0 Å². The Hall–Kier alpha value is -2.76. The normalized spacial score (nSPS) is 15.4. The van der Waals surface area contributed by atoms with Crippen LogP contribution in [0.2, 0.25) is 0 Å². The molecule has 5 nitrogen and oxygen atoms in total. The highest BCUT2D eigenvalue weighted by Crippen LogP contribution is 2.32. The number of benzene rings is 2. The molecule has 1 aliphatic heterocycles. The molecule has 0 radical (unpaired) electrons. The smallest absolute Gasteiger partial charge is 0.169 e. The predicted octanol–water partition coefficient (Wildman–Crippen LogP) is 2.76. The number of hydrogen-bond donors (Lipinski definition) is 3. The molecule has 5 heteroatoms. The van der Waals surface area contributed by atoms with Crippen LogP contribution < -0.4 is 16.0 Å². The summed E-state index contributed by atoms with van der Waals surface area (Å²) in [4.78, 5) is 9.70. The van der Waals surface area contributed by atoms with Crippen LogP contribution in [0.15, 0.2) is 59.7 Å². The minimum absolute atomic E-state index is 0.541. The van der Waals surface area contributed by atoms with Crippen LogP contribution in [0.4, 0.5) is 5.69 Å². The molecule has 0 spiro atoms. The highest BCUT2D eigenvalue weighted by atomic mass is 15.3. The van der Waals surface area contributed by atoms with Crippen LogP contribution >= 0.6 is 0 Å². The Labute approximate surface area is 153 Å². The van der Waals surface area contributed by atoms with Crippen molar-refractivity contribution in [2.24, 2.45) is 4.99 Å². The van der Waals surface area contributed by atoms with Crippen molar-refractivity contribution < 1.29 is 0 Å². The third-order valence-electron chi connectivity index (χ3n) is 5.13. The Balaban J connectivity index is 1.95. The lowest BCUT2D eigenvalue weighted by Gasteiger charge is -2.36. The van der Waals surface area contributed by atoms with E-state index in [0.29, 0.717) is 0 Å². The SMILES string of the molecule is CNc1cccc2c1CC(NC)(NC)N=C2c1cnc2ccccc2c1. The zero-order chi connectivity index (χ0) is 18.1. The van der Waals surface area contributed by atoms with E-state index < -0.39 is 5.79 Å². The summed E-state index contributed by atoms with van der Waals surface area (Å²) in [5.41, 5.74) is 6.48. The van der Waals surface area contributed by atoms with Gasteiger partial charge >= 0.3 is 0 Å². The second kappa shape index (κ2) is 6.52. The van der Waals surface area contributed by atoms with Gasteiger partial charge in [0.15, 0.2) is 5.79 Å². The third-order valence-corrected chi connectivity index (χ3v) is 5.13. The summed E-state index contributed by atoms with van der Waals surface area (Å²) in [5, 5.41) is 11.1. The van der Waals surface area contributed by atoms with Crippen molar-refractivity contribution >= 4 is 22.3 Å². The van der Waals surface area contributed by atoms with Gasteiger partial charge in [0.25, 0.3) is 0 Å². The molecule has 0 aliphatic carbocycles. The van der Waals surface area contributed by atoms with Gasteiger partial charge in [0.2, 0.25) is 0 Å². The molecule has 26 heavy (non-hydrogen) atoms. The Morgan fingerprint density at radius 2 is 1.77 bits per heavy atom. The van der Waals surface area contributed by atoms with E-state index in [0.717, 1.165) is 39.8 Å². The van der Waals surface area contributed by atoms with E-state index in [1.807, 2.05) is 45.5 Å². The molecule has 3 N–H and O–H groups in total. The highest BCUT2D eigenvalue weighted by molar-refractivity contribution is 6.16. The molecule has 2 heterocycles. The van der Waals surface area contributed by atoms with E-state index in [1.54, 1.807) is 0 Å². The van der Waals surface area contributed by atoms with Crippen molar-refractivity contribution in [2.75, 3.05) is 26.5 Å². The maximum atomic E-state index is 5.07. The molecule has 3 aromatic rings. The second-order valence-electron chi connectivity index (χ2n) is 6.50. The van der Waals surface area contributed by atoms with E-state index in [1.165, 1.54) is 5.56 Å². The fourth-order valence-electron chi connectivity index (χ4n) is 3.61. The Bertz CT molecular complexity index is 989. The number of pyridine rings is 1. The average molecular weight is 345 g/mol. The first kappa shape index (κ1) is 16.7. The first-order chi connectivity index (χ1) is 12.7. The van der Waals surface area contributed by atoms with Crippen LogP contribution in [-0.2, 0) is 6.42 Å². The lowest BCUT2D eigenvalue weighted by molar-refractivity contribution is 0.305. The van der Waals surface area contributed by atoms with Gasteiger partial charge in [0.05, 0.1) is 11.2 Å². The minimum atomic E-state index is -0.541. The van der Waals surface area contributed by atoms with Crippen LogP contribution in [0.1, 0.15) is 16.7 Å². The quantitative estimate of drug-likeness (QED) is 0.637. The lowest BCUT2D eigenvalue weighted by atomic mass is 9.89. The maximum absolute atomic E-state index is 5.07. The molecule has 1 aromatic heterocycles. The van der Waals surface area contributed by atoms with Gasteiger partial charge in [-0.2, -0.15) is 0 Å². The summed E-state index contributed by atoms with van der Waals surface area (Å²) >= 11 is 0. The van der Waals surface area contributed by atoms with Gasteiger partial charge in [0, 0.05) is 41.9 Å². The number of fused-ring (bicyclic) bond motifs is 2. The topological polar surface area (TPSA) is 61.3 Å². The minimum Gasteiger partial charge on any atom is -0.388 e. The summed E-state index contributed by atoms with van der Waals surface area (Å²) in [7, 11) is 5.82. The van der Waals surface area contributed by atoms with Crippen molar-refractivity contribution in [3.05, 3.63) is 71.4 Å². The number of para-hydroxylation sites is 1. The number of anilines is 1. The Kier molecular flexibility index (Phi) is 4.18. The standard InChI is InChI=1S/C21H23N5/c1-22-19-10-6-8-16-17(19)12-21(23-2,24-3)26-20(16)15-11-14-7-4-5-9-18(14)25-13-15/h4-11,13,22-24H,12H2,1-3H3. The highest BCUT2D eigenvalue weighted by Gasteiger charge is 2.34. The van der Waals surface area contributed by atoms with Crippen molar-refractivity contribution in [3.8, 4) is 0 Å². The van der Waals surface area contributed by atoms with Crippen LogP contribution in [0.25, 0.3) is 10.9 Å². The van der Waals surface area contributed by atoms with Crippen LogP contribution in [0.3, 0.4) is 0 Å². The number of nitrogens with one attached hydrogen (secondary N) is 3. The maximum Gasteiger partial charge on any atom is 0.169 e. The molecule has 0 fully saturated rings. The molecule has 0 unspecified atom stereocenters. The van der Waals surface area contributed by atoms with E-state index in [-0.39, 0.29) is 0 Å². The molecule has 0 saturated heterocycles. The van der Waals surface area contributed by atoms with Crippen LogP contribution in [0, 0.1) is 0 Å². The first-order valence-corrected chi connectivity index (χ1v) is 8.82. The van der Waals surface area contributed by atoms with Gasteiger partial charge in [-0.1, -0.05) is 30.3 Å². The van der Waals surface area contributed by atoms with Gasteiger partial charge in [-0.15, -0.1) is 0 Å². The molecule has 0 bridgehead atoms. The number of rotatable bonds is 4. The first-order valence-electron chi connectivity index (χ1n) is 8.82. The molecular weight excluding hydrogens is 322 g/mol. The predicted molar refractivity (Wildman–Crippen MR) is 108 cm³/mol. The van der Waals surface area contributed by atoms with Crippen molar-refractivity contribution in [3.63, 3.8) is 0 Å². The summed E-state index contributed by atoms with van der Waals surface area (Å²) in [5.74, 6) is -0.541. The number of nitrogens with zero attached hydrogens (tertiary/aromatic N) is 2. The Morgan fingerprint density at radius 1 is 0.962 bits per heavy atom. The summed E-state index contributed by atoms with van der Waals surface area (Å²) < 4.78 is 0. The summed E-state index contributed by atoms with van der Waals surface area (Å²) in [6, 6.07) is 16.6. The number of likely N-dealkylation sites (N-methyl/N-ethyl adjacent to an activating group) is 2. The van der Waals surface area contributed by atoms with Gasteiger partial charge < -0.3 is 5.32 Å². The molecule has 0 atom stereocenters. The third kappa shape index (κ3) is 2.66. The van der Waals surface area contributed by atoms with Gasteiger partial charge in [-0.25, -0.2) is 4.99 Å². The zero-order valence-electron chi connectivity index (χ0n) is 15.3. The van der Waals surface area contributed by atoms with Crippen LogP contribution in [-0.4, -0.2) is 37.6 Å². The van der Waals surface area contributed by atoms with E-state index >= 15 is 0 Å². The Morgan fingerprint density at radius 3 is 2.54 bits per heavy atom. The molecule has 0 saturated carbocycles. The number of hydrogen-bond acceptors (Lipinski definition) is 5.